The molecule has 0 aliphatic rings. The van der Waals surface area contributed by atoms with Gasteiger partial charge in [0, 0.05) is 17.3 Å². The molecule has 0 aliphatic carbocycles. The molecule has 1 amide bonds. The highest BCUT2D eigenvalue weighted by Crippen LogP contribution is 2.20. The minimum absolute atomic E-state index is 0.0398. The highest BCUT2D eigenvalue weighted by Gasteiger charge is 2.24. The molecule has 18 heavy (non-hydrogen) atoms. The SMILES string of the molecule is CCC(C)(CC)NC(=O)c1cc(F)c(F)cc1N. The van der Waals surface area contributed by atoms with Crippen LogP contribution in [-0.4, -0.2) is 11.4 Å². The van der Waals surface area contributed by atoms with Crippen LogP contribution in [0.4, 0.5) is 14.5 Å². The molecule has 1 aromatic rings. The molecule has 0 fully saturated rings. The van der Waals surface area contributed by atoms with Crippen LogP contribution in [0.5, 0.6) is 0 Å². The van der Waals surface area contributed by atoms with Gasteiger partial charge in [0.05, 0.1) is 5.56 Å². The Bertz CT molecular complexity index is 457. The van der Waals surface area contributed by atoms with Gasteiger partial charge in [0.2, 0.25) is 0 Å². The van der Waals surface area contributed by atoms with E-state index in [0.29, 0.717) is 0 Å². The number of anilines is 1. The molecule has 1 rings (SSSR count). The first-order valence-corrected chi connectivity index (χ1v) is 5.90. The van der Waals surface area contributed by atoms with E-state index in [1.54, 1.807) is 0 Å². The van der Waals surface area contributed by atoms with E-state index in [9.17, 15) is 13.6 Å². The van der Waals surface area contributed by atoms with Gasteiger partial charge in [-0.15, -0.1) is 0 Å². The topological polar surface area (TPSA) is 55.1 Å². The minimum atomic E-state index is -1.08. The molecule has 0 radical (unpaired) electrons. The van der Waals surface area contributed by atoms with Crippen molar-refractivity contribution in [2.75, 3.05) is 5.73 Å². The molecule has 0 aliphatic heterocycles. The van der Waals surface area contributed by atoms with Crippen molar-refractivity contribution in [2.24, 2.45) is 0 Å². The minimum Gasteiger partial charge on any atom is -0.398 e. The number of amides is 1. The zero-order valence-corrected chi connectivity index (χ0v) is 10.8. The maximum atomic E-state index is 13.1. The molecule has 0 atom stereocenters. The third-order valence-electron chi connectivity index (χ3n) is 3.31. The lowest BCUT2D eigenvalue weighted by Gasteiger charge is -2.28. The highest BCUT2D eigenvalue weighted by atomic mass is 19.2. The maximum absolute atomic E-state index is 13.1. The molecule has 3 nitrogen and oxygen atoms in total. The van der Waals surface area contributed by atoms with Crippen molar-refractivity contribution in [3.63, 3.8) is 0 Å². The van der Waals surface area contributed by atoms with Gasteiger partial charge in [-0.2, -0.15) is 0 Å². The predicted molar refractivity (Wildman–Crippen MR) is 67.2 cm³/mol. The second kappa shape index (κ2) is 5.33. The summed E-state index contributed by atoms with van der Waals surface area (Å²) >= 11 is 0. The van der Waals surface area contributed by atoms with E-state index in [4.69, 9.17) is 5.73 Å². The number of hydrogen-bond acceptors (Lipinski definition) is 2. The standard InChI is InChI=1S/C13H18F2N2O/c1-4-13(3,5-2)17-12(18)8-6-9(14)10(15)7-11(8)16/h6-7H,4-5,16H2,1-3H3,(H,17,18). The Labute approximate surface area is 105 Å². The fourth-order valence-corrected chi connectivity index (χ4v) is 1.53. The van der Waals surface area contributed by atoms with Crippen LogP contribution in [0.25, 0.3) is 0 Å². The van der Waals surface area contributed by atoms with Gasteiger partial charge in [-0.25, -0.2) is 8.78 Å². The summed E-state index contributed by atoms with van der Waals surface area (Å²) in [5, 5.41) is 2.79. The van der Waals surface area contributed by atoms with Gasteiger partial charge < -0.3 is 11.1 Å². The Morgan fingerprint density at radius 2 is 1.78 bits per heavy atom. The van der Waals surface area contributed by atoms with Crippen LogP contribution < -0.4 is 11.1 Å². The number of carbonyl (C=O) groups excluding carboxylic acids is 1. The maximum Gasteiger partial charge on any atom is 0.253 e. The van der Waals surface area contributed by atoms with Crippen molar-refractivity contribution >= 4 is 11.6 Å². The Morgan fingerprint density at radius 1 is 1.28 bits per heavy atom. The first kappa shape index (κ1) is 14.4. The van der Waals surface area contributed by atoms with E-state index >= 15 is 0 Å². The molecule has 100 valence electrons. The van der Waals surface area contributed by atoms with Gasteiger partial charge in [0.1, 0.15) is 0 Å². The molecule has 0 unspecified atom stereocenters. The monoisotopic (exact) mass is 256 g/mol. The van der Waals surface area contributed by atoms with E-state index in [1.165, 1.54) is 0 Å². The number of nitrogen functional groups attached to an aromatic ring is 1. The van der Waals surface area contributed by atoms with Crippen molar-refractivity contribution in [1.82, 2.24) is 5.32 Å². The van der Waals surface area contributed by atoms with E-state index in [-0.39, 0.29) is 16.8 Å². The first-order chi connectivity index (χ1) is 8.33. The lowest BCUT2D eigenvalue weighted by Crippen LogP contribution is -2.45. The number of halogens is 2. The lowest BCUT2D eigenvalue weighted by atomic mass is 9.95. The number of nitrogens with two attached hydrogens (primary N) is 1. The van der Waals surface area contributed by atoms with Crippen molar-refractivity contribution in [2.45, 2.75) is 39.2 Å². The fraction of sp³-hybridized carbons (Fsp3) is 0.462. The Morgan fingerprint density at radius 3 is 2.28 bits per heavy atom. The smallest absolute Gasteiger partial charge is 0.253 e. The molecule has 5 heteroatoms. The van der Waals surface area contributed by atoms with Crippen LogP contribution in [0, 0.1) is 11.6 Å². The van der Waals surface area contributed by atoms with Crippen LogP contribution >= 0.6 is 0 Å². The van der Waals surface area contributed by atoms with Crippen molar-refractivity contribution in [3.05, 3.63) is 29.3 Å². The summed E-state index contributed by atoms with van der Waals surface area (Å²) < 4.78 is 26.0. The summed E-state index contributed by atoms with van der Waals surface area (Å²) in [4.78, 5) is 12.0. The summed E-state index contributed by atoms with van der Waals surface area (Å²) in [6.45, 7) is 5.78. The summed E-state index contributed by atoms with van der Waals surface area (Å²) in [5.74, 6) is -2.63. The van der Waals surface area contributed by atoms with Crippen molar-refractivity contribution in [1.29, 1.82) is 0 Å². The molecule has 0 heterocycles. The summed E-state index contributed by atoms with van der Waals surface area (Å²) in [7, 11) is 0. The number of hydrogen-bond donors (Lipinski definition) is 2. The van der Waals surface area contributed by atoms with Gasteiger partial charge in [-0.3, -0.25) is 4.79 Å². The molecular weight excluding hydrogens is 238 g/mol. The fourth-order valence-electron chi connectivity index (χ4n) is 1.53. The number of benzene rings is 1. The average Bonchev–Trinajstić information content (AvgIpc) is 2.33. The van der Waals surface area contributed by atoms with E-state index in [0.717, 1.165) is 25.0 Å². The second-order valence-electron chi connectivity index (χ2n) is 4.58. The normalized spacial score (nSPS) is 11.4. The Balaban J connectivity index is 3.01. The molecule has 0 bridgehead atoms. The molecular formula is C13H18F2N2O. The summed E-state index contributed by atoms with van der Waals surface area (Å²) in [6, 6.07) is 1.64. The number of nitrogens with one attached hydrogen (secondary N) is 1. The van der Waals surface area contributed by atoms with E-state index in [2.05, 4.69) is 5.32 Å². The largest absolute Gasteiger partial charge is 0.398 e. The van der Waals surface area contributed by atoms with Gasteiger partial charge in [-0.1, -0.05) is 13.8 Å². The average molecular weight is 256 g/mol. The molecule has 0 saturated heterocycles. The van der Waals surface area contributed by atoms with Crippen molar-refractivity contribution in [3.8, 4) is 0 Å². The molecule has 0 saturated carbocycles. The quantitative estimate of drug-likeness (QED) is 0.814. The second-order valence-corrected chi connectivity index (χ2v) is 4.58. The van der Waals surface area contributed by atoms with Crippen molar-refractivity contribution < 1.29 is 13.6 Å². The molecule has 0 aromatic heterocycles. The lowest BCUT2D eigenvalue weighted by molar-refractivity contribution is 0.0901. The molecule has 1 aromatic carbocycles. The van der Waals surface area contributed by atoms with Gasteiger partial charge >= 0.3 is 0 Å². The first-order valence-electron chi connectivity index (χ1n) is 5.90. The Hall–Kier alpha value is -1.65. The van der Waals surface area contributed by atoms with Crippen LogP contribution in [0.1, 0.15) is 44.0 Å². The van der Waals surface area contributed by atoms with Crippen LogP contribution in [0.2, 0.25) is 0 Å². The predicted octanol–water partition coefficient (Wildman–Crippen LogP) is 2.86. The molecule has 3 N–H and O–H groups in total. The molecule has 0 spiro atoms. The number of carbonyl (C=O) groups is 1. The summed E-state index contributed by atoms with van der Waals surface area (Å²) in [5.41, 5.74) is 5.04. The zero-order valence-electron chi connectivity index (χ0n) is 10.8. The third kappa shape index (κ3) is 2.97. The van der Waals surface area contributed by atoms with Crippen LogP contribution in [0.15, 0.2) is 12.1 Å². The highest BCUT2D eigenvalue weighted by molar-refractivity contribution is 5.99. The third-order valence-corrected chi connectivity index (χ3v) is 3.31. The number of rotatable bonds is 4. The Kier molecular flexibility index (Phi) is 4.27. The van der Waals surface area contributed by atoms with Gasteiger partial charge in [0.15, 0.2) is 11.6 Å². The van der Waals surface area contributed by atoms with Gasteiger partial charge in [0.25, 0.3) is 5.91 Å². The van der Waals surface area contributed by atoms with E-state index in [1.807, 2.05) is 20.8 Å². The zero-order chi connectivity index (χ0) is 13.9. The summed E-state index contributed by atoms with van der Waals surface area (Å²) in [6.07, 6.45) is 1.47. The van der Waals surface area contributed by atoms with E-state index < -0.39 is 17.5 Å². The van der Waals surface area contributed by atoms with Crippen LogP contribution in [-0.2, 0) is 0 Å². The van der Waals surface area contributed by atoms with Crippen LogP contribution in [0.3, 0.4) is 0 Å². The van der Waals surface area contributed by atoms with Gasteiger partial charge in [-0.05, 0) is 25.8 Å².